The number of unbranched alkanes of at least 4 members (excludes halogenated alkanes) is 6. The molecule has 0 saturated carbocycles. The van der Waals surface area contributed by atoms with Gasteiger partial charge in [-0.1, -0.05) is 64.5 Å². The summed E-state index contributed by atoms with van der Waals surface area (Å²) in [5.41, 5.74) is 6.41. The van der Waals surface area contributed by atoms with E-state index in [9.17, 15) is 10.2 Å². The van der Waals surface area contributed by atoms with Crippen LogP contribution in [0.3, 0.4) is 0 Å². The third kappa shape index (κ3) is 8.62. The van der Waals surface area contributed by atoms with E-state index in [0.717, 1.165) is 35.1 Å². The summed E-state index contributed by atoms with van der Waals surface area (Å²) in [6.07, 6.45) is 15.5. The Hall–Kier alpha value is -2.62. The van der Waals surface area contributed by atoms with Crippen LogP contribution in [0.5, 0.6) is 11.5 Å². The van der Waals surface area contributed by atoms with Gasteiger partial charge in [0.25, 0.3) is 0 Å². The molecule has 0 aliphatic carbocycles. The molecule has 0 aliphatic heterocycles. The maximum Gasteiger partial charge on any atom is 0.124 e. The molecule has 0 radical (unpaired) electrons. The fourth-order valence-electron chi connectivity index (χ4n) is 4.30. The first-order valence-electron chi connectivity index (χ1n) is 13.1. The minimum Gasteiger partial charge on any atom is -0.507 e. The van der Waals surface area contributed by atoms with Gasteiger partial charge in [-0.2, -0.15) is 0 Å². The lowest BCUT2D eigenvalue weighted by atomic mass is 9.97. The van der Waals surface area contributed by atoms with Crippen molar-refractivity contribution in [3.8, 4) is 11.5 Å². The maximum atomic E-state index is 10.3. The lowest BCUT2D eigenvalue weighted by Gasteiger charge is -2.11. The summed E-state index contributed by atoms with van der Waals surface area (Å²) in [5.74, 6) is 0.553. The van der Waals surface area contributed by atoms with Crippen molar-refractivity contribution in [2.24, 2.45) is 9.98 Å². The van der Waals surface area contributed by atoms with Crippen molar-refractivity contribution in [3.63, 3.8) is 0 Å². The number of phenols is 2. The van der Waals surface area contributed by atoms with Gasteiger partial charge in [-0.3, -0.25) is 9.98 Å². The summed E-state index contributed by atoms with van der Waals surface area (Å²) in [5, 5.41) is 20.6. The van der Waals surface area contributed by atoms with Crippen LogP contribution in [-0.2, 0) is 12.8 Å². The Balaban J connectivity index is 1.94. The van der Waals surface area contributed by atoms with Crippen LogP contribution >= 0.6 is 0 Å². The molecule has 34 heavy (non-hydrogen) atoms. The Morgan fingerprint density at radius 3 is 1.41 bits per heavy atom. The minimum atomic E-state index is 0.276. The van der Waals surface area contributed by atoms with Crippen molar-refractivity contribution >= 4 is 12.4 Å². The van der Waals surface area contributed by atoms with E-state index in [0.29, 0.717) is 13.1 Å². The smallest absolute Gasteiger partial charge is 0.124 e. The summed E-state index contributed by atoms with van der Waals surface area (Å²) in [4.78, 5) is 9.01. The molecule has 2 aromatic rings. The number of rotatable bonds is 15. The molecule has 0 aliphatic rings. The SMILES string of the molecule is CCCCCCc1ccc(O)c(C=NCCN=Cc2c(O)ccc(CCCCCC)c2C)c1C. The zero-order chi connectivity index (χ0) is 24.8. The molecule has 0 amide bonds. The van der Waals surface area contributed by atoms with Crippen LogP contribution in [0, 0.1) is 13.8 Å². The summed E-state index contributed by atoms with van der Waals surface area (Å²) in [6, 6.07) is 7.63. The Bertz CT molecular complexity index is 870. The van der Waals surface area contributed by atoms with E-state index in [2.05, 4.69) is 37.7 Å². The van der Waals surface area contributed by atoms with Crippen molar-refractivity contribution < 1.29 is 10.2 Å². The summed E-state index contributed by atoms with van der Waals surface area (Å²) in [6.45, 7) is 9.64. The van der Waals surface area contributed by atoms with Gasteiger partial charge in [-0.25, -0.2) is 0 Å². The lowest BCUT2D eigenvalue weighted by Crippen LogP contribution is -1.99. The lowest BCUT2D eigenvalue weighted by molar-refractivity contribution is 0.473. The van der Waals surface area contributed by atoms with Crippen LogP contribution in [-0.4, -0.2) is 35.7 Å². The van der Waals surface area contributed by atoms with E-state index in [-0.39, 0.29) is 11.5 Å². The molecule has 4 heteroatoms. The summed E-state index contributed by atoms with van der Waals surface area (Å²) in [7, 11) is 0. The Morgan fingerprint density at radius 2 is 1.03 bits per heavy atom. The standard InChI is InChI=1S/C30H44N2O2/c1-5-7-9-11-13-25-15-17-29(33)27(23(25)3)21-31-19-20-32-22-28-24(4)26(16-18-30(28)34)14-12-10-8-6-2/h15-18,21-22,33-34H,5-14,19-20H2,1-4H3. The van der Waals surface area contributed by atoms with E-state index >= 15 is 0 Å². The number of hydrogen-bond donors (Lipinski definition) is 2. The third-order valence-electron chi connectivity index (χ3n) is 6.61. The van der Waals surface area contributed by atoms with E-state index in [4.69, 9.17) is 0 Å². The molecule has 4 nitrogen and oxygen atoms in total. The van der Waals surface area contributed by atoms with E-state index in [1.54, 1.807) is 24.6 Å². The van der Waals surface area contributed by atoms with Gasteiger partial charge in [0, 0.05) is 23.6 Å². The highest BCUT2D eigenvalue weighted by molar-refractivity contribution is 5.86. The molecule has 0 heterocycles. The molecule has 0 aromatic heterocycles. The molecule has 0 saturated heterocycles. The fourth-order valence-corrected chi connectivity index (χ4v) is 4.30. The first-order chi connectivity index (χ1) is 16.5. The normalized spacial score (nSPS) is 11.8. The Labute approximate surface area is 206 Å². The highest BCUT2D eigenvalue weighted by atomic mass is 16.3. The molecular weight excluding hydrogens is 420 g/mol. The quantitative estimate of drug-likeness (QED) is 0.212. The third-order valence-corrected chi connectivity index (χ3v) is 6.61. The van der Waals surface area contributed by atoms with Gasteiger partial charge in [-0.15, -0.1) is 0 Å². The fraction of sp³-hybridized carbons (Fsp3) is 0.533. The zero-order valence-corrected chi connectivity index (χ0v) is 21.7. The Kier molecular flexibility index (Phi) is 12.4. The number of nitrogens with zero attached hydrogens (tertiary/aromatic N) is 2. The second-order valence-electron chi connectivity index (χ2n) is 9.26. The number of aliphatic imine (C=N–C) groups is 2. The van der Waals surface area contributed by atoms with Crippen molar-refractivity contribution in [2.45, 2.75) is 91.9 Å². The van der Waals surface area contributed by atoms with Gasteiger partial charge in [0.05, 0.1) is 13.1 Å². The molecule has 2 rings (SSSR count). The van der Waals surface area contributed by atoms with Gasteiger partial charge in [0.1, 0.15) is 11.5 Å². The highest BCUT2D eigenvalue weighted by Gasteiger charge is 2.09. The molecule has 186 valence electrons. The average molecular weight is 465 g/mol. The number of benzene rings is 2. The van der Waals surface area contributed by atoms with Gasteiger partial charge < -0.3 is 10.2 Å². The molecule has 2 N–H and O–H groups in total. The van der Waals surface area contributed by atoms with Crippen LogP contribution in [0.1, 0.15) is 98.6 Å². The predicted octanol–water partition coefficient (Wildman–Crippen LogP) is 7.50. The van der Waals surface area contributed by atoms with Crippen LogP contribution in [0.4, 0.5) is 0 Å². The Morgan fingerprint density at radius 1 is 0.618 bits per heavy atom. The average Bonchev–Trinajstić information content (AvgIpc) is 2.82. The topological polar surface area (TPSA) is 65.2 Å². The first-order valence-corrected chi connectivity index (χ1v) is 13.1. The second-order valence-corrected chi connectivity index (χ2v) is 9.26. The number of aryl methyl sites for hydroxylation is 2. The molecule has 0 unspecified atom stereocenters. The van der Waals surface area contributed by atoms with Crippen molar-refractivity contribution in [3.05, 3.63) is 57.6 Å². The zero-order valence-electron chi connectivity index (χ0n) is 21.7. The monoisotopic (exact) mass is 464 g/mol. The van der Waals surface area contributed by atoms with Crippen molar-refractivity contribution in [2.75, 3.05) is 13.1 Å². The molecule has 0 fully saturated rings. The molecule has 0 spiro atoms. The van der Waals surface area contributed by atoms with Gasteiger partial charge in [0.15, 0.2) is 0 Å². The van der Waals surface area contributed by atoms with E-state index in [1.807, 2.05) is 12.1 Å². The van der Waals surface area contributed by atoms with Crippen LogP contribution < -0.4 is 0 Å². The molecule has 2 aromatic carbocycles. The van der Waals surface area contributed by atoms with Crippen LogP contribution in [0.25, 0.3) is 0 Å². The van der Waals surface area contributed by atoms with E-state index < -0.39 is 0 Å². The van der Waals surface area contributed by atoms with Crippen LogP contribution in [0.15, 0.2) is 34.3 Å². The van der Waals surface area contributed by atoms with Crippen molar-refractivity contribution in [1.29, 1.82) is 0 Å². The number of phenolic OH excluding ortho intramolecular Hbond substituents is 2. The molecule has 0 bridgehead atoms. The number of hydrogen-bond acceptors (Lipinski definition) is 4. The number of aromatic hydroxyl groups is 2. The second kappa shape index (κ2) is 15.3. The summed E-state index contributed by atoms with van der Waals surface area (Å²) < 4.78 is 0. The predicted molar refractivity (Wildman–Crippen MR) is 146 cm³/mol. The molecular formula is C30H44N2O2. The first kappa shape index (κ1) is 27.6. The summed E-state index contributed by atoms with van der Waals surface area (Å²) >= 11 is 0. The van der Waals surface area contributed by atoms with Crippen LogP contribution in [0.2, 0.25) is 0 Å². The van der Waals surface area contributed by atoms with Crippen molar-refractivity contribution in [1.82, 2.24) is 0 Å². The molecule has 0 atom stereocenters. The van der Waals surface area contributed by atoms with Gasteiger partial charge in [0.2, 0.25) is 0 Å². The van der Waals surface area contributed by atoms with Gasteiger partial charge >= 0.3 is 0 Å². The van der Waals surface area contributed by atoms with Gasteiger partial charge in [-0.05, 0) is 73.9 Å². The largest absolute Gasteiger partial charge is 0.507 e. The highest BCUT2D eigenvalue weighted by Crippen LogP contribution is 2.25. The minimum absolute atomic E-state index is 0.276. The maximum absolute atomic E-state index is 10.3. The van der Waals surface area contributed by atoms with E-state index in [1.165, 1.54) is 62.5 Å².